The zero-order valence-electron chi connectivity index (χ0n) is 11.4. The zero-order valence-corrected chi connectivity index (χ0v) is 11.4. The molecule has 0 aliphatic rings. The van der Waals surface area contributed by atoms with Gasteiger partial charge in [0.15, 0.2) is 6.10 Å². The minimum absolute atomic E-state index is 0.0764. The molecule has 0 aromatic heterocycles. The Morgan fingerprint density at radius 3 is 2.42 bits per heavy atom. The lowest BCUT2D eigenvalue weighted by Gasteiger charge is -2.18. The van der Waals surface area contributed by atoms with Crippen LogP contribution in [0.3, 0.4) is 0 Å². The van der Waals surface area contributed by atoms with Gasteiger partial charge in [-0.15, -0.1) is 0 Å². The van der Waals surface area contributed by atoms with E-state index in [1.807, 2.05) is 50.2 Å². The molecule has 1 atom stereocenters. The second kappa shape index (κ2) is 5.85. The molecule has 2 aromatic carbocycles. The van der Waals surface area contributed by atoms with Gasteiger partial charge >= 0.3 is 5.97 Å². The van der Waals surface area contributed by atoms with Gasteiger partial charge in [-0.2, -0.15) is 0 Å². The first kappa shape index (κ1) is 13.6. The summed E-state index contributed by atoms with van der Waals surface area (Å²) >= 11 is 0. The highest BCUT2D eigenvalue weighted by atomic mass is 16.6. The van der Waals surface area contributed by atoms with Crippen molar-refractivity contribution in [1.82, 2.24) is 0 Å². The first-order valence-corrected chi connectivity index (χ1v) is 6.35. The Labute approximate surface area is 113 Å². The first-order valence-electron chi connectivity index (χ1n) is 6.35. The molecular formula is C16H18O3. The van der Waals surface area contributed by atoms with Crippen LogP contribution in [0.15, 0.2) is 42.5 Å². The Hall–Kier alpha value is -1.87. The van der Waals surface area contributed by atoms with Gasteiger partial charge in [0.25, 0.3) is 0 Å². The predicted molar refractivity (Wildman–Crippen MR) is 75.2 cm³/mol. The summed E-state index contributed by atoms with van der Waals surface area (Å²) in [6.07, 6.45) is -0.543. The Bertz CT molecular complexity index is 570. The van der Waals surface area contributed by atoms with Crippen LogP contribution in [0.1, 0.15) is 13.8 Å². The molecule has 0 radical (unpaired) electrons. The number of benzene rings is 2. The predicted octanol–water partition coefficient (Wildman–Crippen LogP) is 3.42. The van der Waals surface area contributed by atoms with Crippen molar-refractivity contribution in [2.24, 2.45) is 5.92 Å². The van der Waals surface area contributed by atoms with Gasteiger partial charge in [0.2, 0.25) is 0 Å². The number of ether oxygens (including phenoxy) is 2. The average Bonchev–Trinajstić information content (AvgIpc) is 2.39. The fourth-order valence-corrected chi connectivity index (χ4v) is 2.09. The maximum absolute atomic E-state index is 12.1. The van der Waals surface area contributed by atoms with E-state index in [2.05, 4.69) is 0 Å². The lowest BCUT2D eigenvalue weighted by Crippen LogP contribution is -2.32. The largest absolute Gasteiger partial charge is 0.424 e. The number of rotatable bonds is 4. The molecule has 3 nitrogen and oxygen atoms in total. The number of carbonyl (C=O) groups excluding carboxylic acids is 1. The molecule has 0 amide bonds. The smallest absolute Gasteiger partial charge is 0.340 e. The van der Waals surface area contributed by atoms with E-state index in [0.29, 0.717) is 5.75 Å². The first-order chi connectivity index (χ1) is 9.13. The molecule has 100 valence electrons. The van der Waals surface area contributed by atoms with Crippen LogP contribution < -0.4 is 4.74 Å². The lowest BCUT2D eigenvalue weighted by atomic mass is 10.1. The molecule has 0 fully saturated rings. The van der Waals surface area contributed by atoms with Crippen LogP contribution in [0.4, 0.5) is 0 Å². The molecule has 0 N–H and O–H groups in total. The Balaban J connectivity index is 2.29. The van der Waals surface area contributed by atoms with Gasteiger partial charge in [0.1, 0.15) is 5.75 Å². The van der Waals surface area contributed by atoms with Gasteiger partial charge in [0.05, 0.1) is 0 Å². The number of hydrogen-bond donors (Lipinski definition) is 0. The maximum Gasteiger partial charge on any atom is 0.340 e. The lowest BCUT2D eigenvalue weighted by molar-refractivity contribution is -0.148. The number of esters is 1. The van der Waals surface area contributed by atoms with E-state index in [1.54, 1.807) is 6.07 Å². The molecule has 0 saturated heterocycles. The Morgan fingerprint density at radius 1 is 1.05 bits per heavy atom. The monoisotopic (exact) mass is 258 g/mol. The third-order valence-corrected chi connectivity index (χ3v) is 3.05. The van der Waals surface area contributed by atoms with Crippen molar-refractivity contribution in [3.63, 3.8) is 0 Å². The van der Waals surface area contributed by atoms with E-state index >= 15 is 0 Å². The van der Waals surface area contributed by atoms with Gasteiger partial charge in [0, 0.05) is 12.5 Å². The standard InChI is InChI=1S/C16H18O3/c1-11(2)15(18-3)16(17)19-14-10-6-8-12-7-4-5-9-13(12)14/h4-11,15H,1-3H3/t15-/m0/s1. The summed E-state index contributed by atoms with van der Waals surface area (Å²) in [5.41, 5.74) is 0. The van der Waals surface area contributed by atoms with Crippen LogP contribution in [0, 0.1) is 5.92 Å². The van der Waals surface area contributed by atoms with Crippen LogP contribution in [-0.2, 0) is 9.53 Å². The molecule has 0 unspecified atom stereocenters. The van der Waals surface area contributed by atoms with Crippen LogP contribution in [0.25, 0.3) is 10.8 Å². The van der Waals surface area contributed by atoms with Crippen molar-refractivity contribution in [3.05, 3.63) is 42.5 Å². The molecule has 0 heterocycles. The summed E-state index contributed by atoms with van der Waals surface area (Å²) in [7, 11) is 1.52. The molecule has 0 bridgehead atoms. The topological polar surface area (TPSA) is 35.5 Å². The SMILES string of the molecule is CO[C@H](C(=O)Oc1cccc2ccccc12)C(C)C. The Morgan fingerprint density at radius 2 is 1.74 bits per heavy atom. The van der Waals surface area contributed by atoms with E-state index < -0.39 is 6.10 Å². The van der Waals surface area contributed by atoms with E-state index in [-0.39, 0.29) is 11.9 Å². The van der Waals surface area contributed by atoms with Gasteiger partial charge < -0.3 is 9.47 Å². The molecule has 3 heteroatoms. The molecule has 0 aliphatic heterocycles. The molecule has 0 aliphatic carbocycles. The molecule has 2 rings (SSSR count). The fraction of sp³-hybridized carbons (Fsp3) is 0.312. The maximum atomic E-state index is 12.1. The number of hydrogen-bond acceptors (Lipinski definition) is 3. The average molecular weight is 258 g/mol. The molecule has 0 saturated carbocycles. The number of carbonyl (C=O) groups is 1. The van der Waals surface area contributed by atoms with Crippen molar-refractivity contribution in [1.29, 1.82) is 0 Å². The summed E-state index contributed by atoms with van der Waals surface area (Å²) in [6, 6.07) is 13.5. The third-order valence-electron chi connectivity index (χ3n) is 3.05. The van der Waals surface area contributed by atoms with E-state index in [4.69, 9.17) is 9.47 Å². The highest BCUT2D eigenvalue weighted by molar-refractivity contribution is 5.91. The van der Waals surface area contributed by atoms with Crippen molar-refractivity contribution in [3.8, 4) is 5.75 Å². The van der Waals surface area contributed by atoms with Crippen molar-refractivity contribution in [2.45, 2.75) is 20.0 Å². The van der Waals surface area contributed by atoms with Gasteiger partial charge in [-0.1, -0.05) is 50.2 Å². The third kappa shape index (κ3) is 2.93. The number of fused-ring (bicyclic) bond motifs is 1. The normalized spacial score (nSPS) is 12.6. The van der Waals surface area contributed by atoms with Crippen molar-refractivity contribution >= 4 is 16.7 Å². The highest BCUT2D eigenvalue weighted by Crippen LogP contribution is 2.26. The minimum Gasteiger partial charge on any atom is -0.424 e. The number of methoxy groups -OCH3 is 1. The van der Waals surface area contributed by atoms with E-state index in [1.165, 1.54) is 7.11 Å². The summed E-state index contributed by atoms with van der Waals surface area (Å²) in [5, 5.41) is 1.98. The summed E-state index contributed by atoms with van der Waals surface area (Å²) in [6.45, 7) is 3.86. The van der Waals surface area contributed by atoms with Crippen molar-refractivity contribution < 1.29 is 14.3 Å². The van der Waals surface area contributed by atoms with E-state index in [9.17, 15) is 4.79 Å². The van der Waals surface area contributed by atoms with Crippen LogP contribution in [0.5, 0.6) is 5.75 Å². The molecule has 2 aromatic rings. The molecular weight excluding hydrogens is 240 g/mol. The second-order valence-corrected chi connectivity index (χ2v) is 4.80. The molecule has 19 heavy (non-hydrogen) atoms. The summed E-state index contributed by atoms with van der Waals surface area (Å²) < 4.78 is 10.7. The molecule has 0 spiro atoms. The second-order valence-electron chi connectivity index (χ2n) is 4.80. The Kier molecular flexibility index (Phi) is 4.17. The van der Waals surface area contributed by atoms with Crippen LogP contribution in [0.2, 0.25) is 0 Å². The summed E-state index contributed by atoms with van der Waals surface area (Å²) in [5.74, 6) is 0.298. The highest BCUT2D eigenvalue weighted by Gasteiger charge is 2.24. The summed E-state index contributed by atoms with van der Waals surface area (Å²) in [4.78, 5) is 12.1. The van der Waals surface area contributed by atoms with Gasteiger partial charge in [-0.3, -0.25) is 0 Å². The van der Waals surface area contributed by atoms with Crippen LogP contribution in [-0.4, -0.2) is 19.2 Å². The fourth-order valence-electron chi connectivity index (χ4n) is 2.09. The minimum atomic E-state index is -0.543. The quantitative estimate of drug-likeness (QED) is 0.622. The van der Waals surface area contributed by atoms with E-state index in [0.717, 1.165) is 10.8 Å². The van der Waals surface area contributed by atoms with Gasteiger partial charge in [-0.25, -0.2) is 4.79 Å². The van der Waals surface area contributed by atoms with Crippen molar-refractivity contribution in [2.75, 3.05) is 7.11 Å². The van der Waals surface area contributed by atoms with Gasteiger partial charge in [-0.05, 0) is 17.4 Å². The zero-order chi connectivity index (χ0) is 13.8. The van der Waals surface area contributed by atoms with Crippen LogP contribution >= 0.6 is 0 Å².